The fourth-order valence-corrected chi connectivity index (χ4v) is 6.93. The van der Waals surface area contributed by atoms with Crippen molar-refractivity contribution >= 4 is 11.9 Å². The van der Waals surface area contributed by atoms with Crippen LogP contribution in [0.4, 0.5) is 0 Å². The van der Waals surface area contributed by atoms with Crippen LogP contribution < -0.4 is 9.47 Å². The Hall–Kier alpha value is -4.52. The molecule has 0 radical (unpaired) electrons. The third kappa shape index (κ3) is 18.1. The van der Waals surface area contributed by atoms with Gasteiger partial charge < -0.3 is 14.2 Å². The van der Waals surface area contributed by atoms with E-state index in [1.54, 1.807) is 12.1 Å². The summed E-state index contributed by atoms with van der Waals surface area (Å²) >= 11 is 0. The molecule has 1 aromatic heterocycles. The average molecular weight is 777 g/mol. The summed E-state index contributed by atoms with van der Waals surface area (Å²) in [7, 11) is 0. The van der Waals surface area contributed by atoms with Gasteiger partial charge >= 0.3 is 11.9 Å². The van der Waals surface area contributed by atoms with Gasteiger partial charge in [0.2, 0.25) is 0 Å². The first-order chi connectivity index (χ1) is 27.9. The van der Waals surface area contributed by atoms with E-state index >= 15 is 0 Å². The Labute approximate surface area is 343 Å². The highest BCUT2D eigenvalue weighted by molar-refractivity contribution is 5.90. The molecule has 0 spiro atoms. The molecule has 4 aromatic rings. The molecule has 3 aromatic carbocycles. The van der Waals surface area contributed by atoms with Crippen molar-refractivity contribution in [1.82, 2.24) is 9.97 Å². The zero-order valence-corrected chi connectivity index (χ0v) is 35.2. The molecule has 308 valence electrons. The lowest BCUT2D eigenvalue weighted by Crippen LogP contribution is -2.15. The van der Waals surface area contributed by atoms with Gasteiger partial charge in [0.25, 0.3) is 0 Å². The van der Waals surface area contributed by atoms with Crippen molar-refractivity contribution in [2.45, 2.75) is 162 Å². The molecule has 1 heterocycles. The van der Waals surface area contributed by atoms with Crippen molar-refractivity contribution in [2.24, 2.45) is 0 Å². The van der Waals surface area contributed by atoms with Gasteiger partial charge in [-0.15, -0.1) is 0 Å². The van der Waals surface area contributed by atoms with Crippen LogP contribution in [0.3, 0.4) is 0 Å². The highest BCUT2D eigenvalue weighted by atomic mass is 16.5. The lowest BCUT2D eigenvalue weighted by Gasteiger charge is -2.13. The molecule has 0 N–H and O–H groups in total. The standard InChI is InChI=1S/C50H68N2O5/c1-4-6-8-10-15-19-23-41-38-51-49(52-39-41)44-31-33-46(34-32-44)55-37-21-17-14-12-11-13-16-20-24-48(53)57-47-35-29-43(30-36-47)42-25-27-45(28-26-42)50(54)56-40(3)22-18-9-7-5-2/h25-36,38-40H,4-24,37H2,1-3H3/t40-/m1/s1. The largest absolute Gasteiger partial charge is 0.494 e. The molecule has 0 amide bonds. The van der Waals surface area contributed by atoms with Gasteiger partial charge in [-0.1, -0.05) is 128 Å². The van der Waals surface area contributed by atoms with Crippen molar-refractivity contribution in [2.75, 3.05) is 6.61 Å². The number of nitrogens with zero attached hydrogens (tertiary/aromatic N) is 2. The predicted molar refractivity (Wildman–Crippen MR) is 233 cm³/mol. The van der Waals surface area contributed by atoms with E-state index in [0.29, 0.717) is 17.7 Å². The third-order valence-corrected chi connectivity index (χ3v) is 10.5. The predicted octanol–water partition coefficient (Wildman–Crippen LogP) is 13.7. The normalized spacial score (nSPS) is 11.6. The molecule has 0 saturated carbocycles. The number of esters is 2. The number of rotatable bonds is 29. The molecule has 0 aliphatic heterocycles. The topological polar surface area (TPSA) is 87.6 Å². The number of carbonyl (C=O) groups is 2. The van der Waals surface area contributed by atoms with Crippen molar-refractivity contribution in [1.29, 1.82) is 0 Å². The number of carbonyl (C=O) groups excluding carboxylic acids is 2. The Morgan fingerprint density at radius 2 is 1.07 bits per heavy atom. The van der Waals surface area contributed by atoms with Crippen LogP contribution >= 0.6 is 0 Å². The average Bonchev–Trinajstić information content (AvgIpc) is 3.23. The van der Waals surface area contributed by atoms with Crippen LogP contribution in [0.2, 0.25) is 0 Å². The lowest BCUT2D eigenvalue weighted by atomic mass is 10.0. The third-order valence-electron chi connectivity index (χ3n) is 10.5. The lowest BCUT2D eigenvalue weighted by molar-refractivity contribution is -0.134. The summed E-state index contributed by atoms with van der Waals surface area (Å²) in [4.78, 5) is 34.2. The molecule has 0 aliphatic rings. The maximum atomic E-state index is 12.6. The fourth-order valence-electron chi connectivity index (χ4n) is 6.93. The Kier molecular flexibility index (Phi) is 21.5. The zero-order chi connectivity index (χ0) is 40.3. The number of aryl methyl sites for hydroxylation is 1. The highest BCUT2D eigenvalue weighted by Gasteiger charge is 2.13. The van der Waals surface area contributed by atoms with Gasteiger partial charge in [0, 0.05) is 24.4 Å². The van der Waals surface area contributed by atoms with E-state index in [1.165, 1.54) is 82.6 Å². The maximum Gasteiger partial charge on any atom is 0.338 e. The van der Waals surface area contributed by atoms with Crippen LogP contribution in [-0.2, 0) is 16.0 Å². The Morgan fingerprint density at radius 1 is 0.561 bits per heavy atom. The minimum atomic E-state index is -0.283. The smallest absolute Gasteiger partial charge is 0.338 e. The first kappa shape index (κ1) is 45.2. The number of aromatic nitrogens is 2. The summed E-state index contributed by atoms with van der Waals surface area (Å²) in [5, 5.41) is 0. The zero-order valence-electron chi connectivity index (χ0n) is 35.2. The van der Waals surface area contributed by atoms with Crippen molar-refractivity contribution in [3.8, 4) is 34.0 Å². The van der Waals surface area contributed by atoms with Gasteiger partial charge in [-0.3, -0.25) is 4.79 Å². The molecular formula is C50H68N2O5. The number of benzene rings is 3. The first-order valence-corrected chi connectivity index (χ1v) is 22.1. The summed E-state index contributed by atoms with van der Waals surface area (Å²) in [6, 6.07) is 23.1. The van der Waals surface area contributed by atoms with Gasteiger partial charge in [-0.2, -0.15) is 0 Å². The van der Waals surface area contributed by atoms with Gasteiger partial charge in [0.05, 0.1) is 18.3 Å². The molecular weight excluding hydrogens is 709 g/mol. The SMILES string of the molecule is CCCCCCCCc1cnc(-c2ccc(OCCCCCCCCCCC(=O)Oc3ccc(-c4ccc(C(=O)O[C@H](C)CCCCCC)cc4)cc3)cc2)nc1. The van der Waals surface area contributed by atoms with Gasteiger partial charge in [-0.25, -0.2) is 14.8 Å². The second kappa shape index (κ2) is 27.2. The van der Waals surface area contributed by atoms with Gasteiger partial charge in [0.15, 0.2) is 5.82 Å². The highest BCUT2D eigenvalue weighted by Crippen LogP contribution is 2.25. The fraction of sp³-hybridized carbons (Fsp3) is 0.520. The van der Waals surface area contributed by atoms with Crippen LogP contribution in [0.15, 0.2) is 85.2 Å². The number of hydrogen-bond donors (Lipinski definition) is 0. The Balaban J connectivity index is 0.992. The molecule has 1 atom stereocenters. The maximum absolute atomic E-state index is 12.6. The van der Waals surface area contributed by atoms with E-state index in [2.05, 4.69) is 23.8 Å². The molecule has 0 saturated heterocycles. The second-order valence-electron chi connectivity index (χ2n) is 15.5. The van der Waals surface area contributed by atoms with E-state index in [-0.39, 0.29) is 18.0 Å². The van der Waals surface area contributed by atoms with Crippen LogP contribution in [0.5, 0.6) is 11.5 Å². The summed E-state index contributed by atoms with van der Waals surface area (Å²) in [5.41, 5.74) is 4.75. The molecule has 7 nitrogen and oxygen atoms in total. The molecule has 0 unspecified atom stereocenters. The minimum absolute atomic E-state index is 0.0843. The minimum Gasteiger partial charge on any atom is -0.494 e. The van der Waals surface area contributed by atoms with E-state index in [1.807, 2.05) is 80.0 Å². The molecule has 0 aliphatic carbocycles. The Morgan fingerprint density at radius 3 is 1.70 bits per heavy atom. The van der Waals surface area contributed by atoms with Crippen LogP contribution in [0.25, 0.3) is 22.5 Å². The van der Waals surface area contributed by atoms with Gasteiger partial charge in [0.1, 0.15) is 11.5 Å². The second-order valence-corrected chi connectivity index (χ2v) is 15.5. The van der Waals surface area contributed by atoms with Crippen LogP contribution in [-0.4, -0.2) is 34.6 Å². The summed E-state index contributed by atoms with van der Waals surface area (Å²) < 4.78 is 17.2. The molecule has 7 heteroatoms. The van der Waals surface area contributed by atoms with Crippen molar-refractivity contribution < 1.29 is 23.8 Å². The number of unbranched alkanes of at least 4 members (excludes halogenated alkanes) is 15. The van der Waals surface area contributed by atoms with Crippen molar-refractivity contribution in [3.05, 3.63) is 96.3 Å². The summed E-state index contributed by atoms with van der Waals surface area (Å²) in [5.74, 6) is 1.71. The molecule has 0 bridgehead atoms. The van der Waals surface area contributed by atoms with Gasteiger partial charge in [-0.05, 0) is 111 Å². The van der Waals surface area contributed by atoms with E-state index < -0.39 is 0 Å². The Bertz CT molecular complexity index is 1670. The monoisotopic (exact) mass is 777 g/mol. The first-order valence-electron chi connectivity index (χ1n) is 22.1. The van der Waals surface area contributed by atoms with E-state index in [4.69, 9.17) is 14.2 Å². The molecule has 4 rings (SSSR count). The van der Waals surface area contributed by atoms with Crippen LogP contribution in [0, 0.1) is 0 Å². The number of hydrogen-bond acceptors (Lipinski definition) is 7. The van der Waals surface area contributed by atoms with E-state index in [9.17, 15) is 9.59 Å². The van der Waals surface area contributed by atoms with E-state index in [0.717, 1.165) is 86.2 Å². The molecule has 57 heavy (non-hydrogen) atoms. The molecule has 0 fully saturated rings. The van der Waals surface area contributed by atoms with Crippen LogP contribution in [0.1, 0.15) is 165 Å². The van der Waals surface area contributed by atoms with Crippen molar-refractivity contribution in [3.63, 3.8) is 0 Å². The number of ether oxygens (including phenoxy) is 3. The summed E-state index contributed by atoms with van der Waals surface area (Å²) in [6.45, 7) is 7.13. The quantitative estimate of drug-likeness (QED) is 0.0308. The summed E-state index contributed by atoms with van der Waals surface area (Å²) in [6.07, 6.45) is 27.5.